The first-order chi connectivity index (χ1) is 18.2. The van der Waals surface area contributed by atoms with Crippen molar-refractivity contribution < 1.29 is 32.7 Å². The molecule has 0 bridgehead atoms. The highest BCUT2D eigenvalue weighted by Gasteiger charge is 2.42. The molecule has 2 aromatic rings. The number of thioether (sulfide) groups is 1. The molecule has 0 saturated carbocycles. The van der Waals surface area contributed by atoms with Crippen LogP contribution in [0.3, 0.4) is 0 Å². The van der Waals surface area contributed by atoms with Crippen molar-refractivity contribution in [2.75, 3.05) is 24.6 Å². The number of pyridine rings is 1. The number of nitrogens with zero attached hydrogens (tertiary/aromatic N) is 1. The Morgan fingerprint density at radius 2 is 1.68 bits per heavy atom. The zero-order chi connectivity index (χ0) is 27.2. The van der Waals surface area contributed by atoms with E-state index in [9.17, 15) is 32.7 Å². The van der Waals surface area contributed by atoms with Crippen LogP contribution in [0.2, 0.25) is 0 Å². The third-order valence-electron chi connectivity index (χ3n) is 6.08. The van der Waals surface area contributed by atoms with Crippen LogP contribution in [0.25, 0.3) is 0 Å². The minimum atomic E-state index is -3.74. The number of carbonyl (C=O) groups is 4. The SMILES string of the molecule is CC#Cc1ccc2c(n1)C(=O)C1=C(C2=O)S(=O)(=O)CCN1.O=C1C2=C(SCCN2)C(=O)c2c(O)cccc21. The van der Waals surface area contributed by atoms with E-state index in [-0.39, 0.29) is 57.7 Å². The standard InChI is InChI=1S/C14H10N2O4S.C12H9NO3S/c1-2-3-8-4-5-9-10(16-8)13(18)11-14(12(9)17)21(19,20)7-6-15-11;14-7-3-1-2-6-8(7)11(16)12-9(10(6)15)13-4-5-17-12/h4-5,15H,6-7H2,1H3;1-3,13-14H,4-5H2. The fourth-order valence-electron chi connectivity index (χ4n) is 4.40. The van der Waals surface area contributed by atoms with E-state index < -0.39 is 26.3 Å². The van der Waals surface area contributed by atoms with Gasteiger partial charge in [0, 0.05) is 24.4 Å². The molecular formula is C26H19N3O7S2. The Morgan fingerprint density at radius 1 is 0.921 bits per heavy atom. The number of phenols is 1. The lowest BCUT2D eigenvalue weighted by Gasteiger charge is -2.25. The number of fused-ring (bicyclic) bond motifs is 2. The Labute approximate surface area is 221 Å². The van der Waals surface area contributed by atoms with E-state index in [0.29, 0.717) is 22.8 Å². The van der Waals surface area contributed by atoms with E-state index in [2.05, 4.69) is 27.5 Å². The maximum Gasteiger partial charge on any atom is 0.229 e. The summed E-state index contributed by atoms with van der Waals surface area (Å²) in [4.78, 5) is 53.2. The lowest BCUT2D eigenvalue weighted by molar-refractivity contribution is 0.0969. The first-order valence-electron chi connectivity index (χ1n) is 11.4. The lowest BCUT2D eigenvalue weighted by atomic mass is 9.91. The van der Waals surface area contributed by atoms with Gasteiger partial charge in [0.05, 0.1) is 21.8 Å². The summed E-state index contributed by atoms with van der Waals surface area (Å²) >= 11 is 1.37. The number of ketones is 4. The highest BCUT2D eigenvalue weighted by atomic mass is 32.2. The van der Waals surface area contributed by atoms with Gasteiger partial charge in [-0.15, -0.1) is 11.8 Å². The number of sulfone groups is 1. The molecule has 0 amide bonds. The molecule has 1 aromatic carbocycles. The number of aromatic nitrogens is 1. The fourth-order valence-corrected chi connectivity index (χ4v) is 6.79. The second kappa shape index (κ2) is 9.59. The van der Waals surface area contributed by atoms with Gasteiger partial charge in [0.15, 0.2) is 9.84 Å². The van der Waals surface area contributed by atoms with Crippen LogP contribution in [0, 0.1) is 11.8 Å². The van der Waals surface area contributed by atoms with Gasteiger partial charge in [-0.05, 0) is 37.1 Å². The predicted octanol–water partition coefficient (Wildman–Crippen LogP) is 1.38. The monoisotopic (exact) mass is 549 g/mol. The first kappa shape index (κ1) is 25.4. The molecule has 12 heteroatoms. The summed E-state index contributed by atoms with van der Waals surface area (Å²) in [5.41, 5.74) is 0.935. The molecule has 2 aliphatic carbocycles. The number of allylic oxidation sites excluding steroid dienone is 4. The van der Waals surface area contributed by atoms with Crippen LogP contribution < -0.4 is 10.6 Å². The second-order valence-corrected chi connectivity index (χ2v) is 11.6. The maximum absolute atomic E-state index is 12.4. The molecule has 10 nitrogen and oxygen atoms in total. The summed E-state index contributed by atoms with van der Waals surface area (Å²) in [5.74, 6) is 4.04. The van der Waals surface area contributed by atoms with Crippen molar-refractivity contribution in [3.05, 3.63) is 79.6 Å². The van der Waals surface area contributed by atoms with Gasteiger partial charge in [-0.3, -0.25) is 19.2 Å². The summed E-state index contributed by atoms with van der Waals surface area (Å²) in [5, 5.41) is 15.4. The highest BCUT2D eigenvalue weighted by molar-refractivity contribution is 8.04. The number of benzene rings is 1. The Kier molecular flexibility index (Phi) is 6.42. The number of hydrogen-bond donors (Lipinski definition) is 3. The van der Waals surface area contributed by atoms with Crippen molar-refractivity contribution in [1.82, 2.24) is 15.6 Å². The molecule has 0 saturated heterocycles. The van der Waals surface area contributed by atoms with Crippen molar-refractivity contribution in [2.45, 2.75) is 6.92 Å². The molecule has 3 heterocycles. The quantitative estimate of drug-likeness (QED) is 0.408. The van der Waals surface area contributed by atoms with E-state index >= 15 is 0 Å². The van der Waals surface area contributed by atoms with Crippen LogP contribution >= 0.6 is 11.8 Å². The van der Waals surface area contributed by atoms with Crippen LogP contribution in [0.5, 0.6) is 5.75 Å². The van der Waals surface area contributed by atoms with Crippen molar-refractivity contribution in [3.63, 3.8) is 0 Å². The number of Topliss-reactive ketones (excluding diaryl/α,β-unsaturated/α-hetero) is 4. The number of phenolic OH excluding ortho intramolecular Hbond substituents is 1. The third-order valence-corrected chi connectivity index (χ3v) is 8.92. The molecule has 6 rings (SSSR count). The molecular weight excluding hydrogens is 530 g/mol. The van der Waals surface area contributed by atoms with Gasteiger partial charge in [0.25, 0.3) is 0 Å². The Morgan fingerprint density at radius 3 is 2.45 bits per heavy atom. The van der Waals surface area contributed by atoms with E-state index in [1.54, 1.807) is 19.1 Å². The van der Waals surface area contributed by atoms with Crippen LogP contribution in [0.4, 0.5) is 0 Å². The van der Waals surface area contributed by atoms with E-state index in [1.165, 1.54) is 30.0 Å². The maximum atomic E-state index is 12.4. The third kappa shape index (κ3) is 4.09. The number of carbonyl (C=O) groups excluding carboxylic acids is 4. The van der Waals surface area contributed by atoms with Gasteiger partial charge >= 0.3 is 0 Å². The molecule has 4 aliphatic rings. The van der Waals surface area contributed by atoms with Crippen LogP contribution in [0.15, 0.2) is 51.5 Å². The number of hydrogen-bond acceptors (Lipinski definition) is 11. The largest absolute Gasteiger partial charge is 0.507 e. The van der Waals surface area contributed by atoms with Crippen molar-refractivity contribution >= 4 is 44.7 Å². The molecule has 3 N–H and O–H groups in total. The summed E-state index contributed by atoms with van der Waals surface area (Å²) in [6.45, 7) is 2.41. The minimum Gasteiger partial charge on any atom is -0.507 e. The van der Waals surface area contributed by atoms with Crippen LogP contribution in [0.1, 0.15) is 54.2 Å². The first-order valence-corrected chi connectivity index (χ1v) is 14.1. The molecule has 2 aliphatic heterocycles. The topological polar surface area (TPSA) is 160 Å². The zero-order valence-electron chi connectivity index (χ0n) is 19.9. The van der Waals surface area contributed by atoms with Crippen LogP contribution in [-0.2, 0) is 9.84 Å². The van der Waals surface area contributed by atoms with Gasteiger partial charge < -0.3 is 15.7 Å². The fraction of sp³-hybridized carbons (Fsp3) is 0.192. The lowest BCUT2D eigenvalue weighted by Crippen LogP contribution is -2.41. The smallest absolute Gasteiger partial charge is 0.229 e. The van der Waals surface area contributed by atoms with Gasteiger partial charge in [-0.1, -0.05) is 12.0 Å². The zero-order valence-corrected chi connectivity index (χ0v) is 21.5. The molecule has 192 valence electrons. The Balaban J connectivity index is 0.000000158. The minimum absolute atomic E-state index is 0.00711. The molecule has 0 unspecified atom stereocenters. The van der Waals surface area contributed by atoms with Gasteiger partial charge in [-0.2, -0.15) is 0 Å². The highest BCUT2D eigenvalue weighted by Crippen LogP contribution is 2.37. The predicted molar refractivity (Wildman–Crippen MR) is 139 cm³/mol. The van der Waals surface area contributed by atoms with Gasteiger partial charge in [-0.25, -0.2) is 13.4 Å². The van der Waals surface area contributed by atoms with E-state index in [1.807, 2.05) is 0 Å². The molecule has 0 radical (unpaired) electrons. The molecule has 0 spiro atoms. The molecule has 1 aromatic heterocycles. The summed E-state index contributed by atoms with van der Waals surface area (Å²) in [6, 6.07) is 7.46. The molecule has 0 atom stereocenters. The molecule has 0 fully saturated rings. The average Bonchev–Trinajstić information content (AvgIpc) is 2.90. The number of rotatable bonds is 0. The average molecular weight is 550 g/mol. The summed E-state index contributed by atoms with van der Waals surface area (Å²) in [7, 11) is -3.74. The Bertz CT molecular complexity index is 1710. The summed E-state index contributed by atoms with van der Waals surface area (Å²) < 4.78 is 24.1. The second-order valence-electron chi connectivity index (χ2n) is 8.41. The van der Waals surface area contributed by atoms with E-state index in [4.69, 9.17) is 0 Å². The van der Waals surface area contributed by atoms with Gasteiger partial charge in [0.2, 0.25) is 23.1 Å². The van der Waals surface area contributed by atoms with Crippen molar-refractivity contribution in [2.24, 2.45) is 0 Å². The van der Waals surface area contributed by atoms with Gasteiger partial charge in [0.1, 0.15) is 33.4 Å². The summed E-state index contributed by atoms with van der Waals surface area (Å²) in [6.07, 6.45) is 0. The number of nitrogens with one attached hydrogen (secondary N) is 2. The Hall–Kier alpha value is -4.21. The van der Waals surface area contributed by atoms with Crippen molar-refractivity contribution in [1.29, 1.82) is 0 Å². The molecule has 38 heavy (non-hydrogen) atoms. The van der Waals surface area contributed by atoms with E-state index in [0.717, 1.165) is 5.75 Å². The van der Waals surface area contributed by atoms with Crippen LogP contribution in [-0.4, -0.2) is 66.2 Å². The van der Waals surface area contributed by atoms with Crippen molar-refractivity contribution in [3.8, 4) is 17.6 Å². The normalized spacial score (nSPS) is 18.9. The number of aromatic hydroxyl groups is 1.